The lowest BCUT2D eigenvalue weighted by Crippen LogP contribution is -2.25. The molecule has 1 heterocycles. The third kappa shape index (κ3) is 4.66. The van der Waals surface area contributed by atoms with E-state index in [2.05, 4.69) is 71.6 Å². The summed E-state index contributed by atoms with van der Waals surface area (Å²) in [5, 5.41) is 13.8. The molecule has 0 spiro atoms. The first kappa shape index (κ1) is 23.9. The molecule has 3 aromatic carbocycles. The van der Waals surface area contributed by atoms with Crippen LogP contribution in [-0.2, 0) is 16.6 Å². The van der Waals surface area contributed by atoms with Gasteiger partial charge in [-0.3, -0.25) is 4.79 Å². The van der Waals surface area contributed by atoms with Crippen LogP contribution in [0, 0.1) is 6.92 Å². The Bertz CT molecular complexity index is 1320. The van der Waals surface area contributed by atoms with Gasteiger partial charge in [0.25, 0.3) is 0 Å². The van der Waals surface area contributed by atoms with Crippen LogP contribution in [0.15, 0.2) is 83.4 Å². The van der Waals surface area contributed by atoms with E-state index in [0.29, 0.717) is 0 Å². The monoisotopic (exact) mass is 480 g/mol. The second-order valence-corrected chi connectivity index (χ2v) is 9.66. The largest absolute Gasteiger partial charge is 0.481 e. The summed E-state index contributed by atoms with van der Waals surface area (Å²) in [6, 6.07) is 26.9. The lowest BCUT2D eigenvalue weighted by Gasteiger charge is -2.23. The molecule has 0 aliphatic heterocycles. The highest BCUT2D eigenvalue weighted by Crippen LogP contribution is 2.48. The van der Waals surface area contributed by atoms with E-state index in [0.717, 1.165) is 78.2 Å². The molecule has 1 saturated carbocycles. The minimum atomic E-state index is -0.723. The number of rotatable bonds is 10. The van der Waals surface area contributed by atoms with Gasteiger partial charge >= 0.3 is 5.97 Å². The fraction of sp³-hybridized carbons (Fsp3) is 0.290. The molecule has 0 unspecified atom stereocenters. The maximum atomic E-state index is 11.6. The summed E-state index contributed by atoms with van der Waals surface area (Å²) in [4.78, 5) is 14.0. The van der Waals surface area contributed by atoms with E-state index in [9.17, 15) is 9.90 Å². The zero-order valence-corrected chi connectivity index (χ0v) is 20.9. The number of aromatic nitrogens is 1. The van der Waals surface area contributed by atoms with E-state index in [-0.39, 0.29) is 0 Å². The number of hydrogen-bond donors (Lipinski definition) is 1. The molecule has 0 saturated heterocycles. The summed E-state index contributed by atoms with van der Waals surface area (Å²) in [5.41, 5.74) is 6.68. The Morgan fingerprint density at radius 2 is 1.56 bits per heavy atom. The second kappa shape index (κ2) is 10.0. The van der Waals surface area contributed by atoms with Gasteiger partial charge in [0.2, 0.25) is 0 Å². The molecule has 1 N–H and O–H groups in total. The van der Waals surface area contributed by atoms with Gasteiger partial charge in [-0.2, -0.15) is 0 Å². The third-order valence-corrected chi connectivity index (χ3v) is 7.34. The Morgan fingerprint density at radius 1 is 0.944 bits per heavy atom. The molecule has 0 amide bonds. The Hall–Kier alpha value is -3.86. The van der Waals surface area contributed by atoms with Crippen LogP contribution in [0.1, 0.15) is 43.0 Å². The maximum Gasteiger partial charge on any atom is 0.314 e. The Morgan fingerprint density at radius 3 is 2.14 bits per heavy atom. The number of aryl methyl sites for hydroxylation is 2. The van der Waals surface area contributed by atoms with Crippen LogP contribution in [0.5, 0.6) is 0 Å². The molecule has 0 atom stereocenters. The summed E-state index contributed by atoms with van der Waals surface area (Å²) < 4.78 is 5.81. The van der Waals surface area contributed by atoms with Crippen molar-refractivity contribution in [3.05, 3.63) is 95.7 Å². The van der Waals surface area contributed by atoms with Crippen molar-refractivity contribution in [3.63, 3.8) is 0 Å². The van der Waals surface area contributed by atoms with Gasteiger partial charge in [-0.25, -0.2) is 0 Å². The third-order valence-electron chi connectivity index (χ3n) is 7.34. The summed E-state index contributed by atoms with van der Waals surface area (Å²) >= 11 is 0. The number of carbonyl (C=O) groups is 1. The van der Waals surface area contributed by atoms with Crippen molar-refractivity contribution < 1.29 is 14.4 Å². The van der Waals surface area contributed by atoms with E-state index in [4.69, 9.17) is 4.52 Å². The summed E-state index contributed by atoms with van der Waals surface area (Å²) in [7, 11) is 0. The normalized spacial score (nSPS) is 13.9. The predicted molar refractivity (Wildman–Crippen MR) is 143 cm³/mol. The summed E-state index contributed by atoms with van der Waals surface area (Å²) in [5.74, 6) is 0.0760. The lowest BCUT2D eigenvalue weighted by atomic mass is 9.93. The average Bonchev–Trinajstić information content (AvgIpc) is 3.65. The van der Waals surface area contributed by atoms with E-state index in [1.165, 1.54) is 5.56 Å². The SMILES string of the molecule is CCN(CCCc1ccccc1)c1c(C)noc1-c1ccc(-c2ccc(C3(C(=O)O)CC3)cc2)cc1. The number of aliphatic carboxylic acids is 1. The zero-order valence-electron chi connectivity index (χ0n) is 20.9. The molecular formula is C31H32N2O3. The van der Waals surface area contributed by atoms with Crippen LogP contribution in [-0.4, -0.2) is 29.3 Å². The standard InChI is InChI=1S/C31H32N2O3/c1-3-33(21-7-10-23-8-5-4-6-9-23)28-22(2)32-36-29(28)26-13-11-24(12-14-26)25-15-17-27(18-16-25)31(19-20-31)30(34)35/h4-6,8-9,11-18H,3,7,10,19-21H2,1-2H3,(H,34,35). The van der Waals surface area contributed by atoms with Crippen molar-refractivity contribution in [1.82, 2.24) is 5.16 Å². The quantitative estimate of drug-likeness (QED) is 0.268. The van der Waals surface area contributed by atoms with Crippen LogP contribution in [0.25, 0.3) is 22.5 Å². The molecule has 1 fully saturated rings. The van der Waals surface area contributed by atoms with Crippen molar-refractivity contribution in [3.8, 4) is 22.5 Å². The number of hydrogen-bond acceptors (Lipinski definition) is 4. The number of benzene rings is 3. The first-order valence-corrected chi connectivity index (χ1v) is 12.7. The van der Waals surface area contributed by atoms with E-state index in [1.807, 2.05) is 31.2 Å². The van der Waals surface area contributed by atoms with E-state index < -0.39 is 11.4 Å². The highest BCUT2D eigenvalue weighted by Gasteiger charge is 2.51. The Kier molecular flexibility index (Phi) is 6.64. The van der Waals surface area contributed by atoms with Gasteiger partial charge in [-0.15, -0.1) is 0 Å². The minimum Gasteiger partial charge on any atom is -0.481 e. The molecule has 5 rings (SSSR count). The summed E-state index contributed by atoms with van der Waals surface area (Å²) in [6.07, 6.45) is 3.53. The molecule has 4 aromatic rings. The van der Waals surface area contributed by atoms with Crippen LogP contribution in [0.3, 0.4) is 0 Å². The van der Waals surface area contributed by atoms with Crippen molar-refractivity contribution in [2.24, 2.45) is 0 Å². The maximum absolute atomic E-state index is 11.6. The number of carboxylic acids is 1. The molecule has 0 bridgehead atoms. The smallest absolute Gasteiger partial charge is 0.314 e. The number of carboxylic acid groups (broad SMARTS) is 1. The van der Waals surface area contributed by atoms with Crippen LogP contribution in [0.2, 0.25) is 0 Å². The number of nitrogens with zero attached hydrogens (tertiary/aromatic N) is 2. The molecule has 0 radical (unpaired) electrons. The zero-order chi connectivity index (χ0) is 25.1. The molecule has 184 valence electrons. The molecule has 5 nitrogen and oxygen atoms in total. The van der Waals surface area contributed by atoms with Gasteiger partial charge in [0, 0.05) is 18.7 Å². The second-order valence-electron chi connectivity index (χ2n) is 9.66. The van der Waals surface area contributed by atoms with Crippen LogP contribution < -0.4 is 4.90 Å². The first-order chi connectivity index (χ1) is 17.5. The van der Waals surface area contributed by atoms with Gasteiger partial charge in [0.05, 0.1) is 5.41 Å². The number of anilines is 1. The van der Waals surface area contributed by atoms with Crippen LogP contribution in [0.4, 0.5) is 5.69 Å². The van der Waals surface area contributed by atoms with Crippen molar-refractivity contribution in [2.75, 3.05) is 18.0 Å². The Labute approximate surface area is 212 Å². The minimum absolute atomic E-state index is 0.671. The van der Waals surface area contributed by atoms with Crippen LogP contribution >= 0.6 is 0 Å². The van der Waals surface area contributed by atoms with Gasteiger partial charge in [0.15, 0.2) is 5.76 Å². The fourth-order valence-corrected chi connectivity index (χ4v) is 5.02. The van der Waals surface area contributed by atoms with Crippen molar-refractivity contribution in [2.45, 2.75) is 44.9 Å². The highest BCUT2D eigenvalue weighted by atomic mass is 16.5. The van der Waals surface area contributed by atoms with E-state index >= 15 is 0 Å². The van der Waals surface area contributed by atoms with Gasteiger partial charge in [-0.1, -0.05) is 84.0 Å². The topological polar surface area (TPSA) is 66.6 Å². The fourth-order valence-electron chi connectivity index (χ4n) is 5.02. The van der Waals surface area contributed by atoms with Crippen molar-refractivity contribution in [1.29, 1.82) is 0 Å². The molecular weight excluding hydrogens is 448 g/mol. The molecule has 1 aromatic heterocycles. The van der Waals surface area contributed by atoms with E-state index in [1.54, 1.807) is 0 Å². The Balaban J connectivity index is 1.32. The van der Waals surface area contributed by atoms with Gasteiger partial charge in [-0.05, 0) is 61.8 Å². The predicted octanol–water partition coefficient (Wildman–Crippen LogP) is 6.89. The van der Waals surface area contributed by atoms with Crippen molar-refractivity contribution >= 4 is 11.7 Å². The molecule has 1 aliphatic carbocycles. The molecule has 36 heavy (non-hydrogen) atoms. The highest BCUT2D eigenvalue weighted by molar-refractivity contribution is 5.85. The molecule has 1 aliphatic rings. The first-order valence-electron chi connectivity index (χ1n) is 12.7. The van der Waals surface area contributed by atoms with Gasteiger partial charge < -0.3 is 14.5 Å². The molecule has 5 heteroatoms. The van der Waals surface area contributed by atoms with Gasteiger partial charge in [0.1, 0.15) is 11.4 Å². The summed E-state index contributed by atoms with van der Waals surface area (Å²) in [6.45, 7) is 5.98. The lowest BCUT2D eigenvalue weighted by molar-refractivity contribution is -0.140. The average molecular weight is 481 g/mol.